The molecule has 2 atom stereocenters. The highest BCUT2D eigenvalue weighted by atomic mass is 79.9. The van der Waals surface area contributed by atoms with Crippen LogP contribution in [0.15, 0.2) is 22.7 Å². The Morgan fingerprint density at radius 3 is 2.37 bits per heavy atom. The summed E-state index contributed by atoms with van der Waals surface area (Å²) >= 11 is 3.33. The first-order chi connectivity index (χ1) is 8.81. The van der Waals surface area contributed by atoms with Gasteiger partial charge in [0.05, 0.1) is 17.3 Å². The van der Waals surface area contributed by atoms with E-state index in [1.807, 2.05) is 0 Å². The van der Waals surface area contributed by atoms with Crippen LogP contribution >= 0.6 is 15.9 Å². The molecule has 1 aromatic rings. The lowest BCUT2D eigenvalue weighted by atomic mass is 10.0. The maximum absolute atomic E-state index is 12.0. The lowest BCUT2D eigenvalue weighted by Gasteiger charge is -2.17. The molecule has 0 aromatic heterocycles. The van der Waals surface area contributed by atoms with Crippen molar-refractivity contribution in [3.63, 3.8) is 0 Å². The molecule has 6 heteroatoms. The summed E-state index contributed by atoms with van der Waals surface area (Å²) in [5.41, 5.74) is 6.80. The Kier molecular flexibility index (Phi) is 5.50. The molecule has 0 aliphatic carbocycles. The second-order valence-electron chi connectivity index (χ2n) is 4.51. The van der Waals surface area contributed by atoms with E-state index in [2.05, 4.69) is 26.6 Å². The highest BCUT2D eigenvalue weighted by Gasteiger charge is 2.18. The van der Waals surface area contributed by atoms with E-state index in [0.717, 1.165) is 4.47 Å². The molecule has 0 saturated heterocycles. The zero-order chi connectivity index (χ0) is 14.6. The smallest absolute Gasteiger partial charge is 0.228 e. The first kappa shape index (κ1) is 15.7. The van der Waals surface area contributed by atoms with Crippen LogP contribution in [0.4, 0.5) is 11.4 Å². The molecule has 0 radical (unpaired) electrons. The number of rotatable bonds is 4. The molecule has 0 heterocycles. The average Bonchev–Trinajstić information content (AvgIpc) is 2.31. The van der Waals surface area contributed by atoms with Gasteiger partial charge in [0.1, 0.15) is 0 Å². The summed E-state index contributed by atoms with van der Waals surface area (Å²) in [5.74, 6) is -0.693. The van der Waals surface area contributed by atoms with Gasteiger partial charge in [-0.25, -0.2) is 0 Å². The number of hydrogen-bond acceptors (Lipinski definition) is 3. The monoisotopic (exact) mass is 327 g/mol. The van der Waals surface area contributed by atoms with E-state index in [-0.39, 0.29) is 23.8 Å². The fourth-order valence-corrected chi connectivity index (χ4v) is 1.76. The number of halogens is 1. The van der Waals surface area contributed by atoms with Gasteiger partial charge in [0, 0.05) is 17.4 Å². The third-order valence-electron chi connectivity index (χ3n) is 2.75. The number of carbonyl (C=O) groups is 2. The summed E-state index contributed by atoms with van der Waals surface area (Å²) in [6.07, 6.45) is 0. The summed E-state index contributed by atoms with van der Waals surface area (Å²) in [6.45, 7) is 4.95. The Hall–Kier alpha value is -1.40. The minimum atomic E-state index is -0.316. The predicted molar refractivity (Wildman–Crippen MR) is 79.9 cm³/mol. The number of benzene rings is 1. The fourth-order valence-electron chi connectivity index (χ4n) is 1.40. The van der Waals surface area contributed by atoms with Crippen molar-refractivity contribution in [1.29, 1.82) is 0 Å². The topological polar surface area (TPSA) is 84.2 Å². The molecular formula is C13H18BrN3O2. The molecule has 5 nitrogen and oxygen atoms in total. The maximum atomic E-state index is 12.0. The summed E-state index contributed by atoms with van der Waals surface area (Å²) < 4.78 is 0.811. The Bertz CT molecular complexity index is 489. The summed E-state index contributed by atoms with van der Waals surface area (Å²) in [4.78, 5) is 23.1. The van der Waals surface area contributed by atoms with E-state index in [4.69, 9.17) is 5.73 Å². The molecule has 0 fully saturated rings. The lowest BCUT2D eigenvalue weighted by molar-refractivity contribution is -0.120. The first-order valence-corrected chi connectivity index (χ1v) is 6.74. The van der Waals surface area contributed by atoms with E-state index in [1.54, 1.807) is 32.0 Å². The van der Waals surface area contributed by atoms with Crippen LogP contribution < -0.4 is 16.4 Å². The Balaban J connectivity index is 2.95. The standard InChI is InChI=1S/C13H18BrN3O2/c1-7(8(2)15)13(19)17-12-6-10(14)4-5-11(12)16-9(3)18/h4-8H,15H2,1-3H3,(H,16,18)(H,17,19). The fraction of sp³-hybridized carbons (Fsp3) is 0.385. The van der Waals surface area contributed by atoms with E-state index < -0.39 is 0 Å². The molecule has 0 saturated carbocycles. The average molecular weight is 328 g/mol. The van der Waals surface area contributed by atoms with Gasteiger partial charge in [-0.3, -0.25) is 9.59 Å². The largest absolute Gasteiger partial charge is 0.327 e. The van der Waals surface area contributed by atoms with Gasteiger partial charge < -0.3 is 16.4 Å². The first-order valence-electron chi connectivity index (χ1n) is 5.95. The van der Waals surface area contributed by atoms with Crippen LogP contribution in [0.3, 0.4) is 0 Å². The lowest BCUT2D eigenvalue weighted by Crippen LogP contribution is -2.34. The van der Waals surface area contributed by atoms with E-state index in [1.165, 1.54) is 6.92 Å². The van der Waals surface area contributed by atoms with Gasteiger partial charge >= 0.3 is 0 Å². The van der Waals surface area contributed by atoms with Gasteiger partial charge in [-0.1, -0.05) is 22.9 Å². The van der Waals surface area contributed by atoms with Crippen molar-refractivity contribution >= 4 is 39.1 Å². The normalized spacial score (nSPS) is 13.5. The van der Waals surface area contributed by atoms with E-state index in [0.29, 0.717) is 11.4 Å². The SMILES string of the molecule is CC(=O)Nc1ccc(Br)cc1NC(=O)C(C)C(C)N. The number of carbonyl (C=O) groups excluding carboxylic acids is 2. The molecule has 2 unspecified atom stereocenters. The molecule has 1 aromatic carbocycles. The van der Waals surface area contributed by atoms with Crippen molar-refractivity contribution in [1.82, 2.24) is 0 Å². The number of amides is 2. The quantitative estimate of drug-likeness (QED) is 0.793. The van der Waals surface area contributed by atoms with Gasteiger partial charge in [-0.05, 0) is 25.1 Å². The second-order valence-corrected chi connectivity index (χ2v) is 5.42. The van der Waals surface area contributed by atoms with Crippen LogP contribution in [0.1, 0.15) is 20.8 Å². The highest BCUT2D eigenvalue weighted by Crippen LogP contribution is 2.26. The Morgan fingerprint density at radius 1 is 1.21 bits per heavy atom. The maximum Gasteiger partial charge on any atom is 0.228 e. The van der Waals surface area contributed by atoms with Gasteiger partial charge in [0.15, 0.2) is 0 Å². The molecule has 2 amide bonds. The number of nitrogens with one attached hydrogen (secondary N) is 2. The van der Waals surface area contributed by atoms with Crippen molar-refractivity contribution in [2.24, 2.45) is 11.7 Å². The van der Waals surface area contributed by atoms with Gasteiger partial charge in [-0.15, -0.1) is 0 Å². The van der Waals surface area contributed by atoms with E-state index in [9.17, 15) is 9.59 Å². The molecule has 0 aliphatic rings. The highest BCUT2D eigenvalue weighted by molar-refractivity contribution is 9.10. The molecule has 0 spiro atoms. The van der Waals surface area contributed by atoms with Gasteiger partial charge in [0.2, 0.25) is 11.8 Å². The van der Waals surface area contributed by atoms with Crippen LogP contribution in [0, 0.1) is 5.92 Å². The van der Waals surface area contributed by atoms with Crippen molar-refractivity contribution in [3.8, 4) is 0 Å². The molecule has 4 N–H and O–H groups in total. The van der Waals surface area contributed by atoms with Crippen LogP contribution in [-0.4, -0.2) is 17.9 Å². The molecular weight excluding hydrogens is 310 g/mol. The zero-order valence-corrected chi connectivity index (χ0v) is 12.7. The molecule has 0 aliphatic heterocycles. The van der Waals surface area contributed by atoms with Crippen molar-refractivity contribution in [2.75, 3.05) is 10.6 Å². The van der Waals surface area contributed by atoms with Crippen LogP contribution in [-0.2, 0) is 9.59 Å². The number of hydrogen-bond donors (Lipinski definition) is 3. The third-order valence-corrected chi connectivity index (χ3v) is 3.25. The van der Waals surface area contributed by atoms with Crippen LogP contribution in [0.25, 0.3) is 0 Å². The molecule has 0 bridgehead atoms. The Labute approximate surface area is 121 Å². The van der Waals surface area contributed by atoms with E-state index >= 15 is 0 Å². The minimum absolute atomic E-state index is 0.181. The third kappa shape index (κ3) is 4.65. The molecule has 1 rings (SSSR count). The minimum Gasteiger partial charge on any atom is -0.327 e. The zero-order valence-electron chi connectivity index (χ0n) is 11.2. The van der Waals surface area contributed by atoms with Gasteiger partial charge in [0.25, 0.3) is 0 Å². The van der Waals surface area contributed by atoms with Crippen molar-refractivity contribution in [2.45, 2.75) is 26.8 Å². The summed E-state index contributed by atoms with van der Waals surface area (Å²) in [7, 11) is 0. The number of nitrogens with two attached hydrogens (primary N) is 1. The van der Waals surface area contributed by atoms with Gasteiger partial charge in [-0.2, -0.15) is 0 Å². The molecule has 19 heavy (non-hydrogen) atoms. The van der Waals surface area contributed by atoms with Crippen LogP contribution in [0.2, 0.25) is 0 Å². The Morgan fingerprint density at radius 2 is 1.84 bits per heavy atom. The van der Waals surface area contributed by atoms with Crippen molar-refractivity contribution in [3.05, 3.63) is 22.7 Å². The molecule has 104 valence electrons. The summed E-state index contributed by atoms with van der Waals surface area (Å²) in [5, 5.41) is 5.44. The predicted octanol–water partition coefficient (Wildman–Crippen LogP) is 2.33. The summed E-state index contributed by atoms with van der Waals surface area (Å²) in [6, 6.07) is 5.00. The van der Waals surface area contributed by atoms with Crippen molar-refractivity contribution < 1.29 is 9.59 Å². The number of anilines is 2. The van der Waals surface area contributed by atoms with Crippen LogP contribution in [0.5, 0.6) is 0 Å². The second kappa shape index (κ2) is 6.68.